The molecule has 0 atom stereocenters. The van der Waals surface area contributed by atoms with Crippen LogP contribution >= 0.6 is 0 Å². The van der Waals surface area contributed by atoms with Crippen LogP contribution in [0, 0.1) is 5.82 Å². The summed E-state index contributed by atoms with van der Waals surface area (Å²) in [5.41, 5.74) is 4.63. The molecular weight excluding hydrogens is 295 g/mol. The Morgan fingerprint density at radius 3 is 2.65 bits per heavy atom. The summed E-state index contributed by atoms with van der Waals surface area (Å²) < 4.78 is 13.2. The second kappa shape index (κ2) is 5.33. The summed E-state index contributed by atoms with van der Waals surface area (Å²) >= 11 is 0. The molecule has 2 heterocycles. The maximum atomic E-state index is 13.2. The van der Waals surface area contributed by atoms with Crippen LogP contribution in [0.15, 0.2) is 48.5 Å². The van der Waals surface area contributed by atoms with Crippen LogP contribution in [0.1, 0.15) is 5.56 Å². The topological polar surface area (TPSA) is 77.6 Å². The molecule has 0 fully saturated rings. The summed E-state index contributed by atoms with van der Waals surface area (Å²) in [4.78, 5) is 7.52. The average Bonchev–Trinajstić information content (AvgIpc) is 3.21. The molecule has 0 saturated heterocycles. The Labute approximate surface area is 130 Å². The van der Waals surface area contributed by atoms with Gasteiger partial charge >= 0.3 is 0 Å². The van der Waals surface area contributed by atoms with E-state index in [1.165, 1.54) is 12.1 Å². The first-order valence-corrected chi connectivity index (χ1v) is 7.14. The zero-order valence-electron chi connectivity index (χ0n) is 12.0. The predicted molar refractivity (Wildman–Crippen MR) is 85.0 cm³/mol. The van der Waals surface area contributed by atoms with E-state index in [0.717, 1.165) is 28.0 Å². The van der Waals surface area contributed by atoms with Gasteiger partial charge in [-0.25, -0.2) is 9.37 Å². The lowest BCUT2D eigenvalue weighted by Gasteiger charge is -1.98. The second-order valence-electron chi connectivity index (χ2n) is 5.27. The lowest BCUT2D eigenvalue weighted by molar-refractivity contribution is 0.282. The average molecular weight is 308 g/mol. The van der Waals surface area contributed by atoms with Crippen LogP contribution in [-0.2, 0) is 6.61 Å². The van der Waals surface area contributed by atoms with E-state index in [1.807, 2.05) is 30.3 Å². The van der Waals surface area contributed by atoms with Gasteiger partial charge in [-0.05, 0) is 23.8 Å². The Hall–Kier alpha value is -2.99. The van der Waals surface area contributed by atoms with E-state index in [2.05, 4.69) is 20.2 Å². The number of fused-ring (bicyclic) bond motifs is 1. The maximum Gasteiger partial charge on any atom is 0.156 e. The van der Waals surface area contributed by atoms with E-state index in [1.54, 1.807) is 6.07 Å². The number of hydrogen-bond acceptors (Lipinski definition) is 3. The number of aromatic nitrogens is 4. The molecule has 4 rings (SSSR count). The van der Waals surface area contributed by atoms with E-state index in [4.69, 9.17) is 5.11 Å². The Kier molecular flexibility index (Phi) is 3.17. The van der Waals surface area contributed by atoms with Crippen molar-refractivity contribution in [2.45, 2.75) is 6.61 Å². The highest BCUT2D eigenvalue weighted by molar-refractivity contribution is 5.79. The molecule has 0 unspecified atom stereocenters. The molecule has 0 saturated carbocycles. The summed E-state index contributed by atoms with van der Waals surface area (Å²) in [6.45, 7) is 0.0155. The Morgan fingerprint density at radius 2 is 1.87 bits per heavy atom. The van der Waals surface area contributed by atoms with Crippen LogP contribution in [0.2, 0.25) is 0 Å². The number of halogens is 1. The quantitative estimate of drug-likeness (QED) is 0.543. The van der Waals surface area contributed by atoms with E-state index in [-0.39, 0.29) is 12.4 Å². The summed E-state index contributed by atoms with van der Waals surface area (Å²) in [5, 5.41) is 16.3. The number of aliphatic hydroxyl groups is 1. The first-order valence-electron chi connectivity index (χ1n) is 7.14. The Balaban J connectivity index is 1.70. The van der Waals surface area contributed by atoms with E-state index in [0.29, 0.717) is 11.3 Å². The highest BCUT2D eigenvalue weighted by Crippen LogP contribution is 2.24. The molecule has 0 aliphatic carbocycles. The second-order valence-corrected chi connectivity index (χ2v) is 5.27. The minimum Gasteiger partial charge on any atom is -0.392 e. The number of benzene rings is 2. The van der Waals surface area contributed by atoms with Crippen LogP contribution in [0.3, 0.4) is 0 Å². The van der Waals surface area contributed by atoms with E-state index in [9.17, 15) is 4.39 Å². The number of nitrogens with zero attached hydrogens (tertiary/aromatic N) is 2. The zero-order valence-corrected chi connectivity index (χ0v) is 12.0. The monoisotopic (exact) mass is 308 g/mol. The van der Waals surface area contributed by atoms with Crippen molar-refractivity contribution in [1.29, 1.82) is 0 Å². The van der Waals surface area contributed by atoms with Crippen molar-refractivity contribution in [3.63, 3.8) is 0 Å². The Bertz CT molecular complexity index is 972. The molecule has 5 nitrogen and oxygen atoms in total. The number of aliphatic hydroxyl groups excluding tert-OH is 1. The number of H-pyrrole nitrogens is 2. The van der Waals surface area contributed by atoms with Gasteiger partial charge in [-0.1, -0.05) is 24.3 Å². The van der Waals surface area contributed by atoms with E-state index < -0.39 is 0 Å². The van der Waals surface area contributed by atoms with Gasteiger partial charge in [0.25, 0.3) is 0 Å². The first kappa shape index (κ1) is 13.7. The molecule has 114 valence electrons. The highest BCUT2D eigenvalue weighted by atomic mass is 19.1. The fourth-order valence-electron chi connectivity index (χ4n) is 2.48. The number of rotatable bonds is 3. The van der Waals surface area contributed by atoms with Crippen molar-refractivity contribution in [1.82, 2.24) is 20.2 Å². The fraction of sp³-hybridized carbons (Fsp3) is 0.0588. The van der Waals surface area contributed by atoms with E-state index >= 15 is 0 Å². The zero-order chi connectivity index (χ0) is 15.8. The van der Waals surface area contributed by atoms with Crippen LogP contribution in [0.25, 0.3) is 33.8 Å². The van der Waals surface area contributed by atoms with Crippen molar-refractivity contribution >= 4 is 11.0 Å². The van der Waals surface area contributed by atoms with Gasteiger partial charge < -0.3 is 10.1 Å². The highest BCUT2D eigenvalue weighted by Gasteiger charge is 2.10. The molecule has 2 aromatic carbocycles. The third kappa shape index (κ3) is 2.49. The van der Waals surface area contributed by atoms with Crippen LogP contribution in [0.4, 0.5) is 4.39 Å². The molecule has 4 aromatic rings. The minimum absolute atomic E-state index is 0.0155. The van der Waals surface area contributed by atoms with Gasteiger partial charge in [0, 0.05) is 11.6 Å². The molecule has 0 amide bonds. The smallest absolute Gasteiger partial charge is 0.156 e. The normalized spacial score (nSPS) is 11.2. The van der Waals surface area contributed by atoms with Gasteiger partial charge in [0.15, 0.2) is 5.82 Å². The number of aromatic amines is 2. The molecule has 2 aromatic heterocycles. The lowest BCUT2D eigenvalue weighted by atomic mass is 10.1. The number of nitrogens with one attached hydrogen (secondary N) is 2. The molecule has 0 aliphatic rings. The van der Waals surface area contributed by atoms with Gasteiger partial charge in [0.05, 0.1) is 23.3 Å². The molecule has 0 spiro atoms. The van der Waals surface area contributed by atoms with Crippen molar-refractivity contribution in [3.05, 3.63) is 59.9 Å². The van der Waals surface area contributed by atoms with Crippen molar-refractivity contribution in [2.75, 3.05) is 0 Å². The van der Waals surface area contributed by atoms with Crippen molar-refractivity contribution < 1.29 is 9.50 Å². The standard InChI is InChI=1S/C17H13FN4O/c18-12-5-6-13-15(7-12)20-17(19-13)16-8-14(21-22-16)11-3-1-10(9-23)2-4-11/h1-8,23H,9H2,(H,19,20)(H,21,22). The third-order valence-electron chi connectivity index (χ3n) is 3.71. The van der Waals surface area contributed by atoms with Crippen LogP contribution in [-0.4, -0.2) is 25.3 Å². The van der Waals surface area contributed by atoms with Crippen LogP contribution in [0.5, 0.6) is 0 Å². The third-order valence-corrected chi connectivity index (χ3v) is 3.71. The largest absolute Gasteiger partial charge is 0.392 e. The fourth-order valence-corrected chi connectivity index (χ4v) is 2.48. The summed E-state index contributed by atoms with van der Waals surface area (Å²) in [6.07, 6.45) is 0. The molecule has 0 bridgehead atoms. The Morgan fingerprint density at radius 1 is 1.04 bits per heavy atom. The van der Waals surface area contributed by atoms with Crippen molar-refractivity contribution in [3.8, 4) is 22.8 Å². The molecule has 6 heteroatoms. The van der Waals surface area contributed by atoms with Gasteiger partial charge in [0.2, 0.25) is 0 Å². The molecule has 3 N–H and O–H groups in total. The van der Waals surface area contributed by atoms with Crippen LogP contribution < -0.4 is 0 Å². The molecule has 23 heavy (non-hydrogen) atoms. The summed E-state index contributed by atoms with van der Waals surface area (Å²) in [6, 6.07) is 13.8. The predicted octanol–water partition coefficient (Wildman–Crippen LogP) is 3.25. The van der Waals surface area contributed by atoms with Crippen molar-refractivity contribution in [2.24, 2.45) is 0 Å². The molecular formula is C17H13FN4O. The lowest BCUT2D eigenvalue weighted by Crippen LogP contribution is -1.83. The SMILES string of the molecule is OCc1ccc(-c2cc(-c3nc4cc(F)ccc4[nH]3)[nH]n2)cc1. The van der Waals surface area contributed by atoms with Gasteiger partial charge in [0.1, 0.15) is 11.5 Å². The first-order chi connectivity index (χ1) is 11.2. The number of hydrogen-bond donors (Lipinski definition) is 3. The minimum atomic E-state index is -0.315. The summed E-state index contributed by atoms with van der Waals surface area (Å²) in [7, 11) is 0. The van der Waals surface area contributed by atoms with Gasteiger partial charge in [-0.2, -0.15) is 5.10 Å². The summed E-state index contributed by atoms with van der Waals surface area (Å²) in [5.74, 6) is 0.293. The molecule has 0 radical (unpaired) electrons. The molecule has 0 aliphatic heterocycles. The van der Waals surface area contributed by atoms with Gasteiger partial charge in [-0.15, -0.1) is 0 Å². The maximum absolute atomic E-state index is 13.2. The number of imidazole rings is 1. The van der Waals surface area contributed by atoms with Gasteiger partial charge in [-0.3, -0.25) is 5.10 Å².